The second-order valence-corrected chi connectivity index (χ2v) is 4.86. The summed E-state index contributed by atoms with van der Waals surface area (Å²) in [7, 11) is 0. The van der Waals surface area contributed by atoms with Gasteiger partial charge < -0.3 is 5.73 Å². The molecule has 0 aliphatic carbocycles. The minimum Gasteiger partial charge on any atom is -0.330 e. The fourth-order valence-electron chi connectivity index (χ4n) is 2.76. The van der Waals surface area contributed by atoms with E-state index in [0.29, 0.717) is 12.0 Å². The van der Waals surface area contributed by atoms with Gasteiger partial charge in [-0.25, -0.2) is 4.39 Å². The smallest absolute Gasteiger partial charge is 0.123 e. The fourth-order valence-corrected chi connectivity index (χ4v) is 2.76. The molecule has 1 aliphatic rings. The van der Waals surface area contributed by atoms with Crippen molar-refractivity contribution >= 4 is 0 Å². The highest BCUT2D eigenvalue weighted by Crippen LogP contribution is 2.29. The second kappa shape index (κ2) is 5.61. The van der Waals surface area contributed by atoms with E-state index in [2.05, 4.69) is 11.8 Å². The molecule has 0 radical (unpaired) electrons. The third kappa shape index (κ3) is 2.85. The minimum atomic E-state index is -0.143. The van der Waals surface area contributed by atoms with Gasteiger partial charge in [-0.3, -0.25) is 4.90 Å². The third-order valence-corrected chi connectivity index (χ3v) is 3.71. The Morgan fingerprint density at radius 2 is 2.35 bits per heavy atom. The van der Waals surface area contributed by atoms with Crippen molar-refractivity contribution in [1.29, 1.82) is 0 Å². The number of rotatable bonds is 4. The first-order valence-corrected chi connectivity index (χ1v) is 6.44. The molecule has 0 aromatic heterocycles. The predicted molar refractivity (Wildman–Crippen MR) is 68.2 cm³/mol. The predicted octanol–water partition coefficient (Wildman–Crippen LogP) is 2.56. The summed E-state index contributed by atoms with van der Waals surface area (Å²) >= 11 is 0. The Morgan fingerprint density at radius 3 is 2.94 bits per heavy atom. The zero-order valence-corrected chi connectivity index (χ0v) is 10.4. The van der Waals surface area contributed by atoms with Gasteiger partial charge in [-0.05, 0) is 49.5 Å². The molecule has 1 aromatic rings. The van der Waals surface area contributed by atoms with Crippen LogP contribution >= 0.6 is 0 Å². The van der Waals surface area contributed by atoms with Gasteiger partial charge in [0, 0.05) is 12.6 Å². The van der Waals surface area contributed by atoms with Crippen molar-refractivity contribution < 1.29 is 4.39 Å². The topological polar surface area (TPSA) is 29.3 Å². The van der Waals surface area contributed by atoms with Crippen molar-refractivity contribution in [2.24, 2.45) is 11.7 Å². The molecule has 0 amide bonds. The zero-order chi connectivity index (χ0) is 12.3. The SMILES string of the molecule is CCC(c1cccc(F)c1)N1CCC(CN)C1. The van der Waals surface area contributed by atoms with Crippen LogP contribution in [0.15, 0.2) is 24.3 Å². The number of likely N-dealkylation sites (tertiary alicyclic amines) is 1. The number of nitrogens with two attached hydrogens (primary N) is 1. The molecule has 2 unspecified atom stereocenters. The van der Waals surface area contributed by atoms with E-state index in [-0.39, 0.29) is 5.82 Å². The van der Waals surface area contributed by atoms with E-state index in [1.807, 2.05) is 6.07 Å². The quantitative estimate of drug-likeness (QED) is 0.870. The Labute approximate surface area is 103 Å². The summed E-state index contributed by atoms with van der Waals surface area (Å²) in [6.45, 7) is 5.05. The molecule has 0 spiro atoms. The summed E-state index contributed by atoms with van der Waals surface area (Å²) in [4.78, 5) is 2.44. The van der Waals surface area contributed by atoms with E-state index in [4.69, 9.17) is 5.73 Å². The Morgan fingerprint density at radius 1 is 1.53 bits per heavy atom. The fraction of sp³-hybridized carbons (Fsp3) is 0.571. The van der Waals surface area contributed by atoms with Crippen molar-refractivity contribution in [3.8, 4) is 0 Å². The molecule has 2 rings (SSSR count). The Balaban J connectivity index is 2.11. The van der Waals surface area contributed by atoms with E-state index >= 15 is 0 Å². The summed E-state index contributed by atoms with van der Waals surface area (Å²) in [5, 5.41) is 0. The number of hydrogen-bond acceptors (Lipinski definition) is 2. The van der Waals surface area contributed by atoms with Crippen LogP contribution in [0.2, 0.25) is 0 Å². The number of halogens is 1. The van der Waals surface area contributed by atoms with Gasteiger partial charge in [-0.15, -0.1) is 0 Å². The Bertz CT molecular complexity index is 367. The van der Waals surface area contributed by atoms with Crippen molar-refractivity contribution in [2.75, 3.05) is 19.6 Å². The Kier molecular flexibility index (Phi) is 4.13. The molecule has 0 saturated carbocycles. The average molecular weight is 236 g/mol. The standard InChI is InChI=1S/C14H21FN2/c1-2-14(12-4-3-5-13(15)8-12)17-7-6-11(9-16)10-17/h3-5,8,11,14H,2,6-7,9-10,16H2,1H3. The number of benzene rings is 1. The van der Waals surface area contributed by atoms with E-state index in [9.17, 15) is 4.39 Å². The lowest BCUT2D eigenvalue weighted by atomic mass is 10.0. The molecule has 94 valence electrons. The maximum absolute atomic E-state index is 13.3. The van der Waals surface area contributed by atoms with Gasteiger partial charge in [-0.2, -0.15) is 0 Å². The van der Waals surface area contributed by atoms with Crippen LogP contribution in [0.4, 0.5) is 4.39 Å². The van der Waals surface area contributed by atoms with Crippen LogP contribution in [0.1, 0.15) is 31.4 Å². The van der Waals surface area contributed by atoms with E-state index in [0.717, 1.165) is 31.6 Å². The zero-order valence-electron chi connectivity index (χ0n) is 10.4. The second-order valence-electron chi connectivity index (χ2n) is 4.86. The van der Waals surface area contributed by atoms with Crippen molar-refractivity contribution in [2.45, 2.75) is 25.8 Å². The molecule has 1 saturated heterocycles. The highest BCUT2D eigenvalue weighted by atomic mass is 19.1. The summed E-state index contributed by atoms with van der Waals surface area (Å²) in [5.74, 6) is 0.466. The normalized spacial score (nSPS) is 22.9. The summed E-state index contributed by atoms with van der Waals surface area (Å²) < 4.78 is 13.3. The van der Waals surface area contributed by atoms with Crippen LogP contribution in [0.25, 0.3) is 0 Å². The van der Waals surface area contributed by atoms with Crippen molar-refractivity contribution in [3.05, 3.63) is 35.6 Å². The van der Waals surface area contributed by atoms with Gasteiger partial charge in [-0.1, -0.05) is 19.1 Å². The maximum Gasteiger partial charge on any atom is 0.123 e. The van der Waals surface area contributed by atoms with Crippen molar-refractivity contribution in [3.63, 3.8) is 0 Å². The first-order valence-electron chi connectivity index (χ1n) is 6.44. The van der Waals surface area contributed by atoms with Gasteiger partial charge in [0.1, 0.15) is 5.82 Å². The highest BCUT2D eigenvalue weighted by molar-refractivity contribution is 5.20. The molecule has 1 aliphatic heterocycles. The molecular weight excluding hydrogens is 215 g/mol. The average Bonchev–Trinajstić information content (AvgIpc) is 2.79. The van der Waals surface area contributed by atoms with Gasteiger partial charge in [0.25, 0.3) is 0 Å². The van der Waals surface area contributed by atoms with Gasteiger partial charge >= 0.3 is 0 Å². The monoisotopic (exact) mass is 236 g/mol. The first-order chi connectivity index (χ1) is 8.24. The molecule has 3 heteroatoms. The number of nitrogens with zero attached hydrogens (tertiary/aromatic N) is 1. The van der Waals surface area contributed by atoms with E-state index < -0.39 is 0 Å². The molecule has 17 heavy (non-hydrogen) atoms. The van der Waals surface area contributed by atoms with Crippen molar-refractivity contribution in [1.82, 2.24) is 4.90 Å². The Hall–Kier alpha value is -0.930. The van der Waals surface area contributed by atoms with Crippen LogP contribution in [0.3, 0.4) is 0 Å². The molecular formula is C14H21FN2. The van der Waals surface area contributed by atoms with Crippen LogP contribution < -0.4 is 5.73 Å². The lowest BCUT2D eigenvalue weighted by Gasteiger charge is -2.27. The molecule has 2 atom stereocenters. The van der Waals surface area contributed by atoms with Crippen LogP contribution in [-0.4, -0.2) is 24.5 Å². The van der Waals surface area contributed by atoms with E-state index in [1.165, 1.54) is 12.5 Å². The van der Waals surface area contributed by atoms with Gasteiger partial charge in [0.15, 0.2) is 0 Å². The van der Waals surface area contributed by atoms with Gasteiger partial charge in [0.2, 0.25) is 0 Å². The molecule has 1 heterocycles. The maximum atomic E-state index is 13.3. The molecule has 0 bridgehead atoms. The molecule has 2 N–H and O–H groups in total. The molecule has 1 fully saturated rings. The lowest BCUT2D eigenvalue weighted by molar-refractivity contribution is 0.230. The lowest BCUT2D eigenvalue weighted by Crippen LogP contribution is -2.27. The van der Waals surface area contributed by atoms with Crippen LogP contribution in [0.5, 0.6) is 0 Å². The highest BCUT2D eigenvalue weighted by Gasteiger charge is 2.27. The summed E-state index contributed by atoms with van der Waals surface area (Å²) in [6.07, 6.45) is 2.18. The van der Waals surface area contributed by atoms with Crippen LogP contribution in [-0.2, 0) is 0 Å². The van der Waals surface area contributed by atoms with Gasteiger partial charge in [0.05, 0.1) is 0 Å². The molecule has 1 aromatic carbocycles. The largest absolute Gasteiger partial charge is 0.330 e. The first kappa shape index (κ1) is 12.5. The summed E-state index contributed by atoms with van der Waals surface area (Å²) in [5.41, 5.74) is 6.80. The summed E-state index contributed by atoms with van der Waals surface area (Å²) in [6, 6.07) is 7.31. The van der Waals surface area contributed by atoms with E-state index in [1.54, 1.807) is 12.1 Å². The minimum absolute atomic E-state index is 0.143. The number of hydrogen-bond donors (Lipinski definition) is 1. The third-order valence-electron chi connectivity index (χ3n) is 3.71. The molecule has 2 nitrogen and oxygen atoms in total. The van der Waals surface area contributed by atoms with Crippen LogP contribution in [0, 0.1) is 11.7 Å².